The van der Waals surface area contributed by atoms with Crippen molar-refractivity contribution in [1.29, 1.82) is 0 Å². The van der Waals surface area contributed by atoms with Gasteiger partial charge >= 0.3 is 0 Å². The van der Waals surface area contributed by atoms with Crippen molar-refractivity contribution in [3.05, 3.63) is 71.7 Å². The normalized spacial score (nSPS) is 19.1. The molecule has 2 aromatic heterocycles. The van der Waals surface area contributed by atoms with Crippen molar-refractivity contribution in [2.24, 2.45) is 5.92 Å². The molecular weight excluding hydrogens is 427 g/mol. The summed E-state index contributed by atoms with van der Waals surface area (Å²) >= 11 is 0. The molecule has 0 bridgehead atoms. The van der Waals surface area contributed by atoms with E-state index in [0.29, 0.717) is 40.8 Å². The van der Waals surface area contributed by atoms with Crippen LogP contribution in [0.5, 0.6) is 11.5 Å². The van der Waals surface area contributed by atoms with Gasteiger partial charge in [0.25, 0.3) is 0 Å². The number of benzene rings is 1. The Kier molecular flexibility index (Phi) is 6.50. The SMILES string of the molecule is COCc1nc(C)ncc1OC[C@@]1(c2cc(F)cc(OC)c2)C[C@H]1C(=O)Nc1ccccn1. The number of rotatable bonds is 9. The molecule has 0 spiro atoms. The number of methoxy groups -OCH3 is 2. The van der Waals surface area contributed by atoms with E-state index >= 15 is 0 Å². The van der Waals surface area contributed by atoms with Crippen LogP contribution in [0.2, 0.25) is 0 Å². The first-order valence-corrected chi connectivity index (χ1v) is 10.5. The van der Waals surface area contributed by atoms with Crippen LogP contribution in [-0.2, 0) is 21.6 Å². The molecule has 1 N–H and O–H groups in total. The van der Waals surface area contributed by atoms with Gasteiger partial charge < -0.3 is 19.5 Å². The highest BCUT2D eigenvalue weighted by Crippen LogP contribution is 2.55. The summed E-state index contributed by atoms with van der Waals surface area (Å²) in [7, 11) is 3.04. The quantitative estimate of drug-likeness (QED) is 0.531. The van der Waals surface area contributed by atoms with Gasteiger partial charge in [0.2, 0.25) is 5.91 Å². The van der Waals surface area contributed by atoms with Gasteiger partial charge in [0.05, 0.1) is 32.4 Å². The number of nitrogens with zero attached hydrogens (tertiary/aromatic N) is 3. The molecule has 1 aliphatic rings. The zero-order valence-electron chi connectivity index (χ0n) is 18.7. The molecule has 1 aromatic carbocycles. The van der Waals surface area contributed by atoms with E-state index in [2.05, 4.69) is 20.3 Å². The highest BCUT2D eigenvalue weighted by atomic mass is 19.1. The molecule has 0 aliphatic heterocycles. The van der Waals surface area contributed by atoms with Gasteiger partial charge in [-0.25, -0.2) is 19.3 Å². The minimum absolute atomic E-state index is 0.128. The molecular formula is C24H25FN4O4. The van der Waals surface area contributed by atoms with Crippen molar-refractivity contribution in [3.63, 3.8) is 0 Å². The summed E-state index contributed by atoms with van der Waals surface area (Å²) in [6.45, 7) is 2.16. The van der Waals surface area contributed by atoms with Gasteiger partial charge in [-0.2, -0.15) is 0 Å². The Bertz CT molecular complexity index is 1140. The Morgan fingerprint density at radius 1 is 1.24 bits per heavy atom. The van der Waals surface area contributed by atoms with Crippen molar-refractivity contribution in [3.8, 4) is 11.5 Å². The second-order valence-corrected chi connectivity index (χ2v) is 7.95. The number of aromatic nitrogens is 3. The molecule has 3 aromatic rings. The van der Waals surface area contributed by atoms with E-state index in [-0.39, 0.29) is 19.1 Å². The minimum atomic E-state index is -0.747. The van der Waals surface area contributed by atoms with Crippen LogP contribution in [-0.4, -0.2) is 41.7 Å². The van der Waals surface area contributed by atoms with E-state index in [9.17, 15) is 9.18 Å². The summed E-state index contributed by atoms with van der Waals surface area (Å²) in [5.74, 6) is 0.785. The highest BCUT2D eigenvalue weighted by Gasteiger charge is 2.60. The number of nitrogens with one attached hydrogen (secondary N) is 1. The van der Waals surface area contributed by atoms with Crippen LogP contribution in [0.3, 0.4) is 0 Å². The lowest BCUT2D eigenvalue weighted by Gasteiger charge is -2.20. The molecule has 172 valence electrons. The largest absolute Gasteiger partial charge is 0.497 e. The zero-order chi connectivity index (χ0) is 23.4. The first-order chi connectivity index (χ1) is 15.9. The lowest BCUT2D eigenvalue weighted by Crippen LogP contribution is -2.27. The van der Waals surface area contributed by atoms with Gasteiger partial charge in [-0.3, -0.25) is 4.79 Å². The average molecular weight is 452 g/mol. The number of carbonyl (C=O) groups excluding carboxylic acids is 1. The fourth-order valence-corrected chi connectivity index (χ4v) is 3.90. The number of carbonyl (C=O) groups is 1. The lowest BCUT2D eigenvalue weighted by atomic mass is 9.93. The summed E-state index contributed by atoms with van der Waals surface area (Å²) in [6.07, 6.45) is 3.66. The van der Waals surface area contributed by atoms with E-state index in [1.807, 2.05) is 0 Å². The molecule has 0 unspecified atom stereocenters. The molecule has 33 heavy (non-hydrogen) atoms. The summed E-state index contributed by atoms with van der Waals surface area (Å²) in [6, 6.07) is 9.73. The molecule has 0 radical (unpaired) electrons. The molecule has 1 fully saturated rings. The van der Waals surface area contributed by atoms with Gasteiger partial charge in [0, 0.05) is 24.8 Å². The minimum Gasteiger partial charge on any atom is -0.497 e. The summed E-state index contributed by atoms with van der Waals surface area (Å²) in [4.78, 5) is 25.8. The maximum absolute atomic E-state index is 14.4. The summed E-state index contributed by atoms with van der Waals surface area (Å²) < 4.78 is 30.9. The van der Waals surface area contributed by atoms with Crippen LogP contribution in [0.4, 0.5) is 10.2 Å². The third kappa shape index (κ3) is 4.93. The van der Waals surface area contributed by atoms with Gasteiger partial charge in [-0.1, -0.05) is 6.07 Å². The first kappa shape index (κ1) is 22.6. The molecule has 1 aliphatic carbocycles. The second kappa shape index (κ2) is 9.50. The third-order valence-electron chi connectivity index (χ3n) is 5.71. The van der Waals surface area contributed by atoms with E-state index in [4.69, 9.17) is 14.2 Å². The zero-order valence-corrected chi connectivity index (χ0v) is 18.7. The Morgan fingerprint density at radius 3 is 2.82 bits per heavy atom. The molecule has 2 atom stereocenters. The monoisotopic (exact) mass is 452 g/mol. The van der Waals surface area contributed by atoms with Crippen LogP contribution in [0, 0.1) is 18.7 Å². The molecule has 0 saturated heterocycles. The molecule has 8 nitrogen and oxygen atoms in total. The Labute approximate surface area is 191 Å². The number of halogens is 1. The van der Waals surface area contributed by atoms with Gasteiger partial charge in [0.1, 0.15) is 28.9 Å². The molecule has 9 heteroatoms. The topological polar surface area (TPSA) is 95.5 Å². The van der Waals surface area contributed by atoms with E-state index in [1.165, 1.54) is 19.2 Å². The molecule has 1 saturated carbocycles. The number of ether oxygens (including phenoxy) is 3. The Hall–Kier alpha value is -3.59. The van der Waals surface area contributed by atoms with Crippen molar-refractivity contribution in [2.45, 2.75) is 25.4 Å². The van der Waals surface area contributed by atoms with Crippen molar-refractivity contribution >= 4 is 11.7 Å². The fraction of sp³-hybridized carbons (Fsp3) is 0.333. The van der Waals surface area contributed by atoms with Crippen LogP contribution < -0.4 is 14.8 Å². The Balaban J connectivity index is 1.62. The van der Waals surface area contributed by atoms with Crippen molar-refractivity contribution in [1.82, 2.24) is 15.0 Å². The van der Waals surface area contributed by atoms with Crippen molar-refractivity contribution < 1.29 is 23.4 Å². The fourth-order valence-electron chi connectivity index (χ4n) is 3.90. The molecule has 2 heterocycles. The maximum atomic E-state index is 14.4. The second-order valence-electron chi connectivity index (χ2n) is 7.95. The van der Waals surface area contributed by atoms with Crippen LogP contribution in [0.25, 0.3) is 0 Å². The number of aryl methyl sites for hydroxylation is 1. The number of hydrogen-bond acceptors (Lipinski definition) is 7. The molecule has 1 amide bonds. The average Bonchev–Trinajstić information content (AvgIpc) is 3.55. The standard InChI is InChI=1S/C24H25FN4O4/c1-15-27-12-21(20(28-15)13-31-2)33-14-24(16-8-17(25)10-18(9-16)32-3)11-19(24)23(30)29-22-6-4-5-7-26-22/h4-10,12,19H,11,13-14H2,1-3H3,(H,26,29,30)/t19-,24+/m0/s1. The number of amides is 1. The lowest BCUT2D eigenvalue weighted by molar-refractivity contribution is -0.117. The van der Waals surface area contributed by atoms with E-state index in [1.54, 1.807) is 50.7 Å². The predicted octanol–water partition coefficient (Wildman–Crippen LogP) is 3.45. The maximum Gasteiger partial charge on any atom is 0.229 e. The number of anilines is 1. The smallest absolute Gasteiger partial charge is 0.229 e. The third-order valence-corrected chi connectivity index (χ3v) is 5.71. The Morgan fingerprint density at radius 2 is 2.09 bits per heavy atom. The van der Waals surface area contributed by atoms with Crippen molar-refractivity contribution in [2.75, 3.05) is 26.1 Å². The predicted molar refractivity (Wildman–Crippen MR) is 119 cm³/mol. The van der Waals surface area contributed by atoms with Gasteiger partial charge in [-0.15, -0.1) is 0 Å². The van der Waals surface area contributed by atoms with E-state index < -0.39 is 17.2 Å². The van der Waals surface area contributed by atoms with Gasteiger partial charge in [0.15, 0.2) is 5.75 Å². The first-order valence-electron chi connectivity index (χ1n) is 10.5. The highest BCUT2D eigenvalue weighted by molar-refractivity contribution is 5.95. The van der Waals surface area contributed by atoms with Gasteiger partial charge in [-0.05, 0) is 43.2 Å². The van der Waals surface area contributed by atoms with Crippen LogP contribution >= 0.6 is 0 Å². The van der Waals surface area contributed by atoms with E-state index in [0.717, 1.165) is 0 Å². The summed E-state index contributed by atoms with van der Waals surface area (Å²) in [5.41, 5.74) is 0.484. The molecule has 4 rings (SSSR count). The number of pyridine rings is 1. The number of hydrogen-bond donors (Lipinski definition) is 1. The van der Waals surface area contributed by atoms with Crippen LogP contribution in [0.15, 0.2) is 48.8 Å². The van der Waals surface area contributed by atoms with Crippen LogP contribution in [0.1, 0.15) is 23.5 Å². The summed E-state index contributed by atoms with van der Waals surface area (Å²) in [5, 5.41) is 2.83.